The number of nitrogens with one attached hydrogen (secondary N) is 1. The minimum absolute atomic E-state index is 0.220. The molecule has 1 atom stereocenters. The Morgan fingerprint density at radius 1 is 1.71 bits per heavy atom. The van der Waals surface area contributed by atoms with Crippen molar-refractivity contribution in [2.45, 2.75) is 19.9 Å². The Hall–Kier alpha value is -0.390. The summed E-state index contributed by atoms with van der Waals surface area (Å²) in [5.74, 6) is 0.241. The van der Waals surface area contributed by atoms with Crippen LogP contribution in [-0.4, -0.2) is 30.9 Å². The van der Waals surface area contributed by atoms with Gasteiger partial charge in [0.05, 0.1) is 9.20 Å². The molecule has 2 heterocycles. The minimum Gasteiger partial charge on any atom is -0.341 e. The van der Waals surface area contributed by atoms with Gasteiger partial charge < -0.3 is 10.2 Å². The quantitative estimate of drug-likeness (QED) is 0.929. The highest BCUT2D eigenvalue weighted by molar-refractivity contribution is 9.11. The molecule has 17 heavy (non-hydrogen) atoms. The smallest absolute Gasteiger partial charge is 0.229 e. The number of halogens is 1. The Balaban J connectivity index is 2.00. The monoisotopic (exact) mass is 316 g/mol. The molecule has 1 unspecified atom stereocenters. The third kappa shape index (κ3) is 2.89. The lowest BCUT2D eigenvalue weighted by Gasteiger charge is -2.28. The van der Waals surface area contributed by atoms with Crippen LogP contribution in [0.15, 0.2) is 15.2 Å². The summed E-state index contributed by atoms with van der Waals surface area (Å²) in [6.07, 6.45) is 0.934. The third-order valence-corrected chi connectivity index (χ3v) is 4.83. The number of hydrogen-bond acceptors (Lipinski definition) is 3. The van der Waals surface area contributed by atoms with Crippen LogP contribution in [-0.2, 0) is 11.3 Å². The molecule has 1 aliphatic heterocycles. The maximum absolute atomic E-state index is 12.4. The molecule has 94 valence electrons. The van der Waals surface area contributed by atoms with Crippen molar-refractivity contribution in [3.05, 3.63) is 20.8 Å². The topological polar surface area (TPSA) is 32.3 Å². The van der Waals surface area contributed by atoms with Crippen molar-refractivity contribution in [3.8, 4) is 0 Å². The van der Waals surface area contributed by atoms with Crippen molar-refractivity contribution in [1.29, 1.82) is 0 Å². The summed E-state index contributed by atoms with van der Waals surface area (Å²) in [5.41, 5.74) is 0.967. The van der Waals surface area contributed by atoms with Crippen LogP contribution in [0, 0.1) is 5.41 Å². The van der Waals surface area contributed by atoms with E-state index in [1.54, 1.807) is 11.3 Å². The lowest BCUT2D eigenvalue weighted by Crippen LogP contribution is -2.41. The van der Waals surface area contributed by atoms with E-state index in [2.05, 4.69) is 39.6 Å². The van der Waals surface area contributed by atoms with Crippen LogP contribution in [0.3, 0.4) is 0 Å². The van der Waals surface area contributed by atoms with Crippen LogP contribution in [0.25, 0.3) is 0 Å². The predicted octanol–water partition coefficient (Wildman–Crippen LogP) is 2.47. The molecule has 0 saturated carbocycles. The molecule has 3 nitrogen and oxygen atoms in total. The Morgan fingerprint density at radius 2 is 2.47 bits per heavy atom. The lowest BCUT2D eigenvalue weighted by atomic mass is 9.88. The molecule has 1 aromatic rings. The fourth-order valence-electron chi connectivity index (χ4n) is 2.23. The summed E-state index contributed by atoms with van der Waals surface area (Å²) >= 11 is 5.10. The Labute approximate surface area is 114 Å². The molecule has 1 amide bonds. The van der Waals surface area contributed by atoms with Crippen molar-refractivity contribution in [2.75, 3.05) is 20.1 Å². The van der Waals surface area contributed by atoms with E-state index < -0.39 is 0 Å². The zero-order chi connectivity index (χ0) is 12.5. The van der Waals surface area contributed by atoms with Crippen LogP contribution in [0.2, 0.25) is 0 Å². The highest BCUT2D eigenvalue weighted by Gasteiger charge is 2.38. The van der Waals surface area contributed by atoms with Gasteiger partial charge in [0.15, 0.2) is 0 Å². The number of rotatable bonds is 3. The minimum atomic E-state index is -0.220. The number of carbonyl (C=O) groups excluding carboxylic acids is 1. The standard InChI is InChI=1S/C12H17BrN2OS/c1-12(3-4-14-8-12)11(16)15(2)6-9-5-10(13)17-7-9/h5,7,14H,3-4,6,8H2,1-2H3. The first-order chi connectivity index (χ1) is 8.01. The maximum Gasteiger partial charge on any atom is 0.229 e. The van der Waals surface area contributed by atoms with Crippen molar-refractivity contribution >= 4 is 33.2 Å². The fourth-order valence-corrected chi connectivity index (χ4v) is 3.43. The van der Waals surface area contributed by atoms with Crippen LogP contribution in [0.4, 0.5) is 0 Å². The van der Waals surface area contributed by atoms with Gasteiger partial charge in [-0.1, -0.05) is 0 Å². The van der Waals surface area contributed by atoms with Crippen LogP contribution in [0.5, 0.6) is 0 Å². The summed E-state index contributed by atoms with van der Waals surface area (Å²) in [4.78, 5) is 14.2. The average molecular weight is 317 g/mol. The Morgan fingerprint density at radius 3 is 3.00 bits per heavy atom. The van der Waals surface area contributed by atoms with Gasteiger partial charge in [-0.15, -0.1) is 11.3 Å². The molecule has 5 heteroatoms. The Kier molecular flexibility index (Phi) is 3.90. The van der Waals surface area contributed by atoms with Gasteiger partial charge in [0.2, 0.25) is 5.91 Å². The van der Waals surface area contributed by atoms with Crippen molar-refractivity contribution in [2.24, 2.45) is 5.41 Å². The highest BCUT2D eigenvalue weighted by Crippen LogP contribution is 2.28. The van der Waals surface area contributed by atoms with E-state index in [-0.39, 0.29) is 11.3 Å². The molecule has 0 spiro atoms. The second-order valence-electron chi connectivity index (χ2n) is 4.91. The second-order valence-corrected chi connectivity index (χ2v) is 7.20. The van der Waals surface area contributed by atoms with Crippen LogP contribution in [0.1, 0.15) is 18.9 Å². The largest absolute Gasteiger partial charge is 0.341 e. The molecular weight excluding hydrogens is 300 g/mol. The predicted molar refractivity (Wildman–Crippen MR) is 74.1 cm³/mol. The van der Waals surface area contributed by atoms with Gasteiger partial charge in [-0.2, -0.15) is 0 Å². The van der Waals surface area contributed by atoms with E-state index in [1.807, 2.05) is 11.9 Å². The SMILES string of the molecule is CN(Cc1csc(Br)c1)C(=O)C1(C)CCNC1. The first kappa shape index (κ1) is 13.1. The zero-order valence-corrected chi connectivity index (χ0v) is 12.5. The molecule has 2 rings (SSSR count). The van der Waals surface area contributed by atoms with E-state index in [0.29, 0.717) is 6.54 Å². The van der Waals surface area contributed by atoms with Gasteiger partial charge in [-0.3, -0.25) is 4.79 Å². The van der Waals surface area contributed by atoms with Gasteiger partial charge in [-0.05, 0) is 52.8 Å². The lowest BCUT2D eigenvalue weighted by molar-refractivity contribution is -0.139. The first-order valence-electron chi connectivity index (χ1n) is 5.70. The first-order valence-corrected chi connectivity index (χ1v) is 7.38. The number of amides is 1. The highest BCUT2D eigenvalue weighted by atomic mass is 79.9. The summed E-state index contributed by atoms with van der Waals surface area (Å²) in [6, 6.07) is 2.07. The molecule has 1 aliphatic rings. The summed E-state index contributed by atoms with van der Waals surface area (Å²) in [5, 5.41) is 5.35. The average Bonchev–Trinajstić information content (AvgIpc) is 2.88. The molecular formula is C12H17BrN2OS. The van der Waals surface area contributed by atoms with E-state index >= 15 is 0 Å². The van der Waals surface area contributed by atoms with E-state index in [0.717, 1.165) is 23.3 Å². The van der Waals surface area contributed by atoms with E-state index in [4.69, 9.17) is 0 Å². The third-order valence-electron chi connectivity index (χ3n) is 3.27. The fraction of sp³-hybridized carbons (Fsp3) is 0.583. The molecule has 1 saturated heterocycles. The Bertz CT molecular complexity index is 412. The summed E-state index contributed by atoms with van der Waals surface area (Å²) < 4.78 is 1.11. The van der Waals surface area contributed by atoms with Crippen LogP contribution < -0.4 is 5.32 Å². The zero-order valence-electron chi connectivity index (χ0n) is 10.1. The van der Waals surface area contributed by atoms with E-state index in [9.17, 15) is 4.79 Å². The molecule has 1 fully saturated rings. The molecule has 0 bridgehead atoms. The van der Waals surface area contributed by atoms with Gasteiger partial charge in [0.25, 0.3) is 0 Å². The number of thiophene rings is 1. The van der Waals surface area contributed by atoms with Crippen molar-refractivity contribution in [1.82, 2.24) is 10.2 Å². The normalized spacial score (nSPS) is 23.9. The summed E-state index contributed by atoms with van der Waals surface area (Å²) in [7, 11) is 1.89. The number of carbonyl (C=O) groups is 1. The van der Waals surface area contributed by atoms with E-state index in [1.165, 1.54) is 5.56 Å². The second kappa shape index (κ2) is 5.08. The van der Waals surface area contributed by atoms with Gasteiger partial charge in [0, 0.05) is 20.1 Å². The number of hydrogen-bond donors (Lipinski definition) is 1. The van der Waals surface area contributed by atoms with Gasteiger partial charge in [0.1, 0.15) is 0 Å². The summed E-state index contributed by atoms with van der Waals surface area (Å²) in [6.45, 7) is 4.48. The van der Waals surface area contributed by atoms with Gasteiger partial charge in [-0.25, -0.2) is 0 Å². The molecule has 0 aromatic carbocycles. The molecule has 0 aliphatic carbocycles. The van der Waals surface area contributed by atoms with Crippen LogP contribution >= 0.6 is 27.3 Å². The van der Waals surface area contributed by atoms with Crippen molar-refractivity contribution < 1.29 is 4.79 Å². The number of nitrogens with zero attached hydrogens (tertiary/aromatic N) is 1. The van der Waals surface area contributed by atoms with Crippen molar-refractivity contribution in [3.63, 3.8) is 0 Å². The molecule has 1 aromatic heterocycles. The maximum atomic E-state index is 12.4. The molecule has 1 N–H and O–H groups in total. The van der Waals surface area contributed by atoms with Gasteiger partial charge >= 0.3 is 0 Å². The molecule has 0 radical (unpaired) electrons.